The maximum atomic E-state index is 13.0. The van der Waals surface area contributed by atoms with Gasteiger partial charge in [-0.1, -0.05) is 26.0 Å². The number of rotatable bonds is 8. The van der Waals surface area contributed by atoms with Gasteiger partial charge in [0.05, 0.1) is 19.8 Å². The van der Waals surface area contributed by atoms with Crippen LogP contribution in [0, 0.1) is 11.7 Å². The predicted molar refractivity (Wildman–Crippen MR) is 121 cm³/mol. The van der Waals surface area contributed by atoms with E-state index in [0.717, 1.165) is 63.9 Å². The Labute approximate surface area is 180 Å². The van der Waals surface area contributed by atoms with Crippen molar-refractivity contribution >= 4 is 29.9 Å². The molecule has 0 saturated carbocycles. The fraction of sp³-hybridized carbons (Fsp3) is 0.650. The third-order valence-corrected chi connectivity index (χ3v) is 4.68. The predicted octanol–water partition coefficient (Wildman–Crippen LogP) is 2.90. The van der Waals surface area contributed by atoms with Crippen molar-refractivity contribution in [1.82, 2.24) is 15.5 Å². The van der Waals surface area contributed by atoms with Gasteiger partial charge in [0.15, 0.2) is 5.96 Å². The van der Waals surface area contributed by atoms with Crippen LogP contribution in [0.15, 0.2) is 29.3 Å². The van der Waals surface area contributed by atoms with E-state index in [0.29, 0.717) is 12.0 Å². The highest BCUT2D eigenvalue weighted by atomic mass is 127. The Morgan fingerprint density at radius 1 is 1.19 bits per heavy atom. The number of halogens is 2. The lowest BCUT2D eigenvalue weighted by atomic mass is 10.0. The molecule has 0 spiro atoms. The van der Waals surface area contributed by atoms with E-state index in [1.807, 2.05) is 12.1 Å². The number of morpholine rings is 1. The van der Waals surface area contributed by atoms with Crippen molar-refractivity contribution in [3.63, 3.8) is 0 Å². The summed E-state index contributed by atoms with van der Waals surface area (Å²) < 4.78 is 18.4. The normalized spacial score (nSPS) is 16.7. The summed E-state index contributed by atoms with van der Waals surface area (Å²) in [4.78, 5) is 7.29. The van der Waals surface area contributed by atoms with E-state index in [1.54, 1.807) is 0 Å². The Hall–Kier alpha value is -0.930. The summed E-state index contributed by atoms with van der Waals surface area (Å²) in [7, 11) is 0. The third kappa shape index (κ3) is 8.74. The molecule has 0 amide bonds. The van der Waals surface area contributed by atoms with Gasteiger partial charge in [0.25, 0.3) is 0 Å². The van der Waals surface area contributed by atoms with E-state index in [-0.39, 0.29) is 29.8 Å². The van der Waals surface area contributed by atoms with Gasteiger partial charge in [-0.05, 0) is 37.0 Å². The number of nitrogens with zero attached hydrogens (tertiary/aromatic N) is 2. The molecule has 1 aromatic carbocycles. The van der Waals surface area contributed by atoms with Crippen molar-refractivity contribution in [2.75, 3.05) is 45.9 Å². The van der Waals surface area contributed by atoms with Crippen molar-refractivity contribution < 1.29 is 9.13 Å². The largest absolute Gasteiger partial charge is 0.379 e. The highest BCUT2D eigenvalue weighted by molar-refractivity contribution is 14.0. The molecule has 0 aromatic heterocycles. The zero-order chi connectivity index (χ0) is 18.8. The van der Waals surface area contributed by atoms with E-state index >= 15 is 0 Å². The highest BCUT2D eigenvalue weighted by Gasteiger charge is 2.23. The summed E-state index contributed by atoms with van der Waals surface area (Å²) in [6.45, 7) is 12.5. The number of hydrogen-bond donors (Lipinski definition) is 2. The number of benzene rings is 1. The van der Waals surface area contributed by atoms with Gasteiger partial charge in [-0.3, -0.25) is 9.89 Å². The first kappa shape index (κ1) is 24.1. The van der Waals surface area contributed by atoms with Crippen LogP contribution in [0.25, 0.3) is 0 Å². The van der Waals surface area contributed by atoms with Gasteiger partial charge in [0.2, 0.25) is 0 Å². The average Bonchev–Trinajstić information content (AvgIpc) is 2.64. The summed E-state index contributed by atoms with van der Waals surface area (Å²) in [6, 6.07) is 7.09. The second-order valence-electron chi connectivity index (χ2n) is 6.98. The molecule has 1 aromatic rings. The van der Waals surface area contributed by atoms with Crippen molar-refractivity contribution in [3.8, 4) is 0 Å². The molecule has 1 unspecified atom stereocenters. The lowest BCUT2D eigenvalue weighted by Crippen LogP contribution is -2.48. The molecule has 154 valence electrons. The molecule has 1 aliphatic rings. The van der Waals surface area contributed by atoms with E-state index in [4.69, 9.17) is 9.73 Å². The van der Waals surface area contributed by atoms with Gasteiger partial charge < -0.3 is 15.4 Å². The minimum absolute atomic E-state index is 0. The minimum atomic E-state index is -0.195. The first-order chi connectivity index (χ1) is 12.6. The van der Waals surface area contributed by atoms with Gasteiger partial charge in [0, 0.05) is 32.2 Å². The van der Waals surface area contributed by atoms with Crippen LogP contribution < -0.4 is 10.6 Å². The Kier molecular flexibility index (Phi) is 11.9. The summed E-state index contributed by atoms with van der Waals surface area (Å²) in [5, 5.41) is 6.69. The molecule has 27 heavy (non-hydrogen) atoms. The zero-order valence-corrected chi connectivity index (χ0v) is 19.0. The quantitative estimate of drug-likeness (QED) is 0.333. The van der Waals surface area contributed by atoms with Crippen LogP contribution in [0.3, 0.4) is 0 Å². The summed E-state index contributed by atoms with van der Waals surface area (Å²) in [6.07, 6.45) is 0.835. The second kappa shape index (κ2) is 13.3. The smallest absolute Gasteiger partial charge is 0.191 e. The molecule has 0 bridgehead atoms. The van der Waals surface area contributed by atoms with Crippen LogP contribution in [0.4, 0.5) is 4.39 Å². The third-order valence-electron chi connectivity index (χ3n) is 4.68. The van der Waals surface area contributed by atoms with Crippen LogP contribution >= 0.6 is 24.0 Å². The van der Waals surface area contributed by atoms with Crippen LogP contribution in [-0.2, 0) is 11.2 Å². The van der Waals surface area contributed by atoms with E-state index in [9.17, 15) is 4.39 Å². The zero-order valence-electron chi connectivity index (χ0n) is 16.7. The Balaban J connectivity index is 0.00000364. The summed E-state index contributed by atoms with van der Waals surface area (Å²) in [5.74, 6) is 1.19. The van der Waals surface area contributed by atoms with Gasteiger partial charge in [0.1, 0.15) is 5.82 Å². The first-order valence-corrected chi connectivity index (χ1v) is 9.68. The lowest BCUT2D eigenvalue weighted by Gasteiger charge is -2.36. The van der Waals surface area contributed by atoms with Crippen molar-refractivity contribution in [2.45, 2.75) is 33.2 Å². The molecule has 1 aliphatic heterocycles. The molecule has 0 radical (unpaired) electrons. The fourth-order valence-corrected chi connectivity index (χ4v) is 3.16. The maximum absolute atomic E-state index is 13.0. The number of ether oxygens (including phenoxy) is 1. The van der Waals surface area contributed by atoms with Crippen molar-refractivity contribution in [3.05, 3.63) is 35.6 Å². The van der Waals surface area contributed by atoms with Gasteiger partial charge in [-0.2, -0.15) is 0 Å². The van der Waals surface area contributed by atoms with Crippen LogP contribution in [0.1, 0.15) is 26.3 Å². The standard InChI is InChI=1S/C20H33FN4O.HI/c1-4-22-20(23-10-9-17-5-7-18(21)8-6-17)24-15-19(16(2)3)25-11-13-26-14-12-25;/h5-8,16,19H,4,9-15H2,1-3H3,(H2,22,23,24);1H. The van der Waals surface area contributed by atoms with Gasteiger partial charge in [-0.15, -0.1) is 24.0 Å². The fourth-order valence-electron chi connectivity index (χ4n) is 3.16. The summed E-state index contributed by atoms with van der Waals surface area (Å²) in [5.41, 5.74) is 1.11. The average molecular weight is 492 g/mol. The molecule has 2 N–H and O–H groups in total. The Morgan fingerprint density at radius 3 is 2.44 bits per heavy atom. The number of hydrogen-bond acceptors (Lipinski definition) is 3. The second-order valence-corrected chi connectivity index (χ2v) is 6.98. The Morgan fingerprint density at radius 2 is 1.85 bits per heavy atom. The maximum Gasteiger partial charge on any atom is 0.191 e. The molecule has 5 nitrogen and oxygen atoms in total. The summed E-state index contributed by atoms with van der Waals surface area (Å²) >= 11 is 0. The molecule has 1 saturated heterocycles. The number of guanidine groups is 1. The van der Waals surface area contributed by atoms with E-state index in [1.165, 1.54) is 12.1 Å². The molecule has 1 fully saturated rings. The van der Waals surface area contributed by atoms with Gasteiger partial charge >= 0.3 is 0 Å². The topological polar surface area (TPSA) is 48.9 Å². The minimum Gasteiger partial charge on any atom is -0.379 e. The van der Waals surface area contributed by atoms with Crippen LogP contribution in [0.5, 0.6) is 0 Å². The van der Waals surface area contributed by atoms with Crippen molar-refractivity contribution in [1.29, 1.82) is 0 Å². The van der Waals surface area contributed by atoms with E-state index in [2.05, 4.69) is 36.3 Å². The lowest BCUT2D eigenvalue weighted by molar-refractivity contribution is 0.00867. The molecule has 7 heteroatoms. The molecule has 2 rings (SSSR count). The van der Waals surface area contributed by atoms with Crippen LogP contribution in [0.2, 0.25) is 0 Å². The van der Waals surface area contributed by atoms with Crippen molar-refractivity contribution in [2.24, 2.45) is 10.9 Å². The van der Waals surface area contributed by atoms with Gasteiger partial charge in [-0.25, -0.2) is 4.39 Å². The molecule has 0 aliphatic carbocycles. The number of aliphatic imine (C=N–C) groups is 1. The molecular formula is C20H34FIN4O. The monoisotopic (exact) mass is 492 g/mol. The first-order valence-electron chi connectivity index (χ1n) is 9.68. The van der Waals surface area contributed by atoms with Crippen LogP contribution in [-0.4, -0.2) is 62.8 Å². The molecular weight excluding hydrogens is 458 g/mol. The number of nitrogens with one attached hydrogen (secondary N) is 2. The molecule has 1 atom stereocenters. The Bertz CT molecular complexity index is 547. The highest BCUT2D eigenvalue weighted by Crippen LogP contribution is 2.13. The molecule has 1 heterocycles. The SMILES string of the molecule is CCNC(=NCC(C(C)C)N1CCOCC1)NCCc1ccc(F)cc1.I. The van der Waals surface area contributed by atoms with E-state index < -0.39 is 0 Å².